The monoisotopic (exact) mass is 564 g/mol. The van der Waals surface area contributed by atoms with Gasteiger partial charge in [-0.1, -0.05) is 70.4 Å². The van der Waals surface area contributed by atoms with Crippen LogP contribution in [0.3, 0.4) is 0 Å². The van der Waals surface area contributed by atoms with Crippen molar-refractivity contribution in [3.8, 4) is 0 Å². The van der Waals surface area contributed by atoms with E-state index in [-0.39, 0.29) is 12.8 Å². The molecule has 0 aliphatic rings. The van der Waals surface area contributed by atoms with Crippen molar-refractivity contribution in [2.45, 2.75) is 122 Å². The first-order valence-electron chi connectivity index (χ1n) is 14.4. The Balaban J connectivity index is -0.000000568. The van der Waals surface area contributed by atoms with Crippen molar-refractivity contribution in [2.24, 2.45) is 5.41 Å². The largest absolute Gasteiger partial charge is 0.481 e. The van der Waals surface area contributed by atoms with Gasteiger partial charge in [0, 0.05) is 19.3 Å². The minimum atomic E-state index is -1.11. The summed E-state index contributed by atoms with van der Waals surface area (Å²) in [6.07, 6.45) is 22.3. The number of aliphatic carboxylic acids is 3. The lowest BCUT2D eigenvalue weighted by Crippen LogP contribution is -2.37. The Labute approximate surface area is 234 Å². The Morgan fingerprint density at radius 2 is 0.769 bits per heavy atom. The first-order chi connectivity index (χ1) is 18.6. The van der Waals surface area contributed by atoms with Crippen molar-refractivity contribution in [3.63, 3.8) is 0 Å². The summed E-state index contributed by atoms with van der Waals surface area (Å²) in [6, 6.07) is 0. The van der Waals surface area contributed by atoms with Crippen molar-refractivity contribution in [2.75, 3.05) is 26.4 Å². The van der Waals surface area contributed by atoms with Crippen LogP contribution in [-0.4, -0.2) is 80.1 Å². The molecule has 0 aromatic heterocycles. The predicted octanol–water partition coefficient (Wildman–Crippen LogP) is 4.77. The topological polar surface area (TPSA) is 193 Å². The Kier molecular flexibility index (Phi) is 34.2. The lowest BCUT2D eigenvalue weighted by atomic mass is 9.93. The first kappa shape index (κ1) is 41.5. The highest BCUT2D eigenvalue weighted by Gasteiger charge is 2.26. The van der Waals surface area contributed by atoms with E-state index in [1.54, 1.807) is 0 Å². The van der Waals surface area contributed by atoms with Crippen LogP contribution >= 0.6 is 0 Å². The molecule has 0 bridgehead atoms. The number of hydrogen-bond acceptors (Lipinski definition) is 7. The van der Waals surface area contributed by atoms with Crippen molar-refractivity contribution in [3.05, 3.63) is 12.2 Å². The van der Waals surface area contributed by atoms with Gasteiger partial charge in [-0.25, -0.2) is 0 Å². The van der Waals surface area contributed by atoms with Crippen LogP contribution in [0.25, 0.3) is 0 Å². The number of carboxylic acids is 3. The van der Waals surface area contributed by atoms with Gasteiger partial charge >= 0.3 is 17.9 Å². The molecule has 39 heavy (non-hydrogen) atoms. The van der Waals surface area contributed by atoms with E-state index in [0.717, 1.165) is 12.8 Å². The Bertz CT molecular complexity index is 555. The summed E-state index contributed by atoms with van der Waals surface area (Å²) in [6.45, 7) is 0.634. The SMILES string of the molecule is CCCCCCCCC=CCCCCCCCC(=O)O.O=C(O)CCCCC(=O)O.OCC(CO)(CO)CO. The fourth-order valence-corrected chi connectivity index (χ4v) is 3.20. The fourth-order valence-electron chi connectivity index (χ4n) is 3.20. The third-order valence-electron chi connectivity index (χ3n) is 6.03. The molecule has 232 valence electrons. The standard InChI is InChI=1S/C18H34O2.C6H10O4.C5H12O4/c1-2-3-4-5-6-7-8-9-10-11-12-13-14-15-16-17-18(19)20;7-5(8)3-1-2-4-6(9)10;6-1-5(2-7,3-8)4-9/h9-10H,2-8,11-17H2,1H3,(H,19,20);1-4H2,(H,7,8)(H,9,10);6-9H,1-4H2. The molecule has 0 aliphatic heterocycles. The molecule has 7 N–H and O–H groups in total. The number of aliphatic hydroxyl groups excluding tert-OH is 4. The molecule has 10 heteroatoms. The van der Waals surface area contributed by atoms with Crippen LogP contribution in [0.2, 0.25) is 0 Å². The number of carboxylic acid groups (broad SMARTS) is 3. The maximum absolute atomic E-state index is 10.3. The Morgan fingerprint density at radius 3 is 1.05 bits per heavy atom. The zero-order valence-corrected chi connectivity index (χ0v) is 24.1. The van der Waals surface area contributed by atoms with Gasteiger partial charge in [0.05, 0.1) is 31.8 Å². The average molecular weight is 565 g/mol. The highest BCUT2D eigenvalue weighted by Crippen LogP contribution is 2.12. The second-order valence-corrected chi connectivity index (χ2v) is 9.86. The van der Waals surface area contributed by atoms with Crippen molar-refractivity contribution >= 4 is 17.9 Å². The Hall–Kier alpha value is -2.01. The van der Waals surface area contributed by atoms with Crippen molar-refractivity contribution in [1.29, 1.82) is 0 Å². The molecular weight excluding hydrogens is 508 g/mol. The van der Waals surface area contributed by atoms with E-state index >= 15 is 0 Å². The molecule has 0 aromatic rings. The molecule has 0 saturated heterocycles. The molecule has 0 fully saturated rings. The lowest BCUT2D eigenvalue weighted by molar-refractivity contribution is -0.139. The van der Waals surface area contributed by atoms with Gasteiger partial charge in [-0.2, -0.15) is 0 Å². The van der Waals surface area contributed by atoms with Gasteiger partial charge in [-0.15, -0.1) is 0 Å². The van der Waals surface area contributed by atoms with E-state index in [1.165, 1.54) is 70.6 Å². The molecule has 0 saturated carbocycles. The summed E-state index contributed by atoms with van der Waals surface area (Å²) in [5, 5.41) is 58.8. The summed E-state index contributed by atoms with van der Waals surface area (Å²) in [4.78, 5) is 30.1. The van der Waals surface area contributed by atoms with Gasteiger partial charge in [-0.05, 0) is 44.9 Å². The normalized spacial score (nSPS) is 10.9. The quantitative estimate of drug-likeness (QED) is 0.0634. The van der Waals surface area contributed by atoms with E-state index in [4.69, 9.17) is 35.7 Å². The minimum absolute atomic E-state index is 0.0628. The molecule has 0 heterocycles. The van der Waals surface area contributed by atoms with Crippen LogP contribution in [0.15, 0.2) is 12.2 Å². The number of rotatable bonds is 24. The summed E-state index contributed by atoms with van der Waals surface area (Å²) in [7, 11) is 0. The van der Waals surface area contributed by atoms with Crippen molar-refractivity contribution in [1.82, 2.24) is 0 Å². The molecule has 0 radical (unpaired) electrons. The molecule has 0 aromatic carbocycles. The molecule has 10 nitrogen and oxygen atoms in total. The smallest absolute Gasteiger partial charge is 0.303 e. The van der Waals surface area contributed by atoms with E-state index in [0.29, 0.717) is 19.3 Å². The molecule has 0 atom stereocenters. The fraction of sp³-hybridized carbons (Fsp3) is 0.828. The molecule has 0 amide bonds. The highest BCUT2D eigenvalue weighted by molar-refractivity contribution is 5.68. The van der Waals surface area contributed by atoms with Crippen LogP contribution in [0, 0.1) is 5.41 Å². The van der Waals surface area contributed by atoms with E-state index in [1.807, 2.05) is 0 Å². The summed E-state index contributed by atoms with van der Waals surface area (Å²) >= 11 is 0. The number of allylic oxidation sites excluding steroid dienone is 2. The summed E-state index contributed by atoms with van der Waals surface area (Å²) in [5.41, 5.74) is -1.11. The zero-order valence-electron chi connectivity index (χ0n) is 24.1. The van der Waals surface area contributed by atoms with Gasteiger partial charge in [0.25, 0.3) is 0 Å². The van der Waals surface area contributed by atoms with Crippen LogP contribution in [0.5, 0.6) is 0 Å². The molecular formula is C29H56O10. The predicted molar refractivity (Wildman–Crippen MR) is 152 cm³/mol. The molecule has 0 aliphatic carbocycles. The van der Waals surface area contributed by atoms with Gasteiger partial charge in [0.15, 0.2) is 0 Å². The summed E-state index contributed by atoms with van der Waals surface area (Å²) < 4.78 is 0. The maximum atomic E-state index is 10.3. The minimum Gasteiger partial charge on any atom is -0.481 e. The van der Waals surface area contributed by atoms with Gasteiger partial charge < -0.3 is 35.7 Å². The molecule has 0 rings (SSSR count). The Morgan fingerprint density at radius 1 is 0.487 bits per heavy atom. The number of aliphatic hydroxyl groups is 4. The number of unbranched alkanes of at least 4 members (excludes halogenated alkanes) is 12. The lowest BCUT2D eigenvalue weighted by Gasteiger charge is -2.23. The number of hydrogen-bond donors (Lipinski definition) is 7. The molecule has 0 unspecified atom stereocenters. The van der Waals surface area contributed by atoms with Crippen LogP contribution in [-0.2, 0) is 14.4 Å². The zero-order chi connectivity index (χ0) is 30.2. The van der Waals surface area contributed by atoms with Gasteiger partial charge in [0.2, 0.25) is 0 Å². The average Bonchev–Trinajstić information content (AvgIpc) is 2.91. The van der Waals surface area contributed by atoms with Gasteiger partial charge in [-0.3, -0.25) is 14.4 Å². The van der Waals surface area contributed by atoms with E-state index in [9.17, 15) is 14.4 Å². The number of carbonyl (C=O) groups is 3. The second-order valence-electron chi connectivity index (χ2n) is 9.86. The van der Waals surface area contributed by atoms with Crippen LogP contribution in [0.4, 0.5) is 0 Å². The van der Waals surface area contributed by atoms with Gasteiger partial charge in [0.1, 0.15) is 0 Å². The van der Waals surface area contributed by atoms with Crippen LogP contribution < -0.4 is 0 Å². The third kappa shape index (κ3) is 36.0. The van der Waals surface area contributed by atoms with Crippen LogP contribution in [0.1, 0.15) is 122 Å². The molecule has 0 spiro atoms. The van der Waals surface area contributed by atoms with E-state index < -0.39 is 49.8 Å². The van der Waals surface area contributed by atoms with Crippen molar-refractivity contribution < 1.29 is 50.1 Å². The highest BCUT2D eigenvalue weighted by atomic mass is 16.4. The maximum Gasteiger partial charge on any atom is 0.303 e. The first-order valence-corrected chi connectivity index (χ1v) is 14.4. The second kappa shape index (κ2) is 32.2. The third-order valence-corrected chi connectivity index (χ3v) is 6.03. The summed E-state index contributed by atoms with van der Waals surface area (Å²) in [5.74, 6) is -2.40. The van der Waals surface area contributed by atoms with E-state index in [2.05, 4.69) is 19.1 Å².